The third kappa shape index (κ3) is 3.93. The molecule has 0 N–H and O–H groups in total. The van der Waals surface area contributed by atoms with Crippen LogP contribution in [-0.4, -0.2) is 33.7 Å². The van der Waals surface area contributed by atoms with E-state index in [0.29, 0.717) is 18.7 Å². The number of aromatic nitrogens is 2. The molecule has 1 saturated heterocycles. The number of ether oxygens (including phenoxy) is 1. The molecular formula is C23H25N3O2. The van der Waals surface area contributed by atoms with Crippen molar-refractivity contribution in [1.82, 2.24) is 14.7 Å². The zero-order valence-electron chi connectivity index (χ0n) is 16.1. The standard InChI is InChI=1S/C23H25N3O2/c1-2-28-21-12-10-19(11-13-21)22-9-6-14-26(22)23(27)20-15-24-25(17-20)16-18-7-4-3-5-8-18/h3-5,7-8,10-13,15,17,22H,2,6,9,14,16H2,1H3. The van der Waals surface area contributed by atoms with Crippen molar-refractivity contribution in [3.05, 3.63) is 83.7 Å². The highest BCUT2D eigenvalue weighted by Crippen LogP contribution is 2.33. The Hall–Kier alpha value is -3.08. The number of nitrogens with zero attached hydrogens (tertiary/aromatic N) is 3. The number of amides is 1. The summed E-state index contributed by atoms with van der Waals surface area (Å²) < 4.78 is 7.35. The Labute approximate surface area is 165 Å². The zero-order chi connectivity index (χ0) is 19.3. The maximum Gasteiger partial charge on any atom is 0.257 e. The second-order valence-corrected chi connectivity index (χ2v) is 7.07. The van der Waals surface area contributed by atoms with E-state index in [-0.39, 0.29) is 11.9 Å². The van der Waals surface area contributed by atoms with Crippen LogP contribution >= 0.6 is 0 Å². The largest absolute Gasteiger partial charge is 0.494 e. The molecule has 1 fully saturated rings. The third-order valence-corrected chi connectivity index (χ3v) is 5.16. The molecule has 0 saturated carbocycles. The number of likely N-dealkylation sites (tertiary alicyclic amines) is 1. The summed E-state index contributed by atoms with van der Waals surface area (Å²) in [5, 5.41) is 4.39. The Morgan fingerprint density at radius 2 is 1.93 bits per heavy atom. The van der Waals surface area contributed by atoms with Crippen molar-refractivity contribution in [2.75, 3.05) is 13.2 Å². The van der Waals surface area contributed by atoms with E-state index in [1.54, 1.807) is 6.20 Å². The van der Waals surface area contributed by atoms with Crippen LogP contribution in [0.4, 0.5) is 0 Å². The molecule has 3 aromatic rings. The predicted molar refractivity (Wildman–Crippen MR) is 108 cm³/mol. The smallest absolute Gasteiger partial charge is 0.257 e. The van der Waals surface area contributed by atoms with E-state index < -0.39 is 0 Å². The molecule has 1 atom stereocenters. The summed E-state index contributed by atoms with van der Waals surface area (Å²) in [7, 11) is 0. The first-order chi connectivity index (χ1) is 13.7. The van der Waals surface area contributed by atoms with Crippen LogP contribution < -0.4 is 4.74 Å². The van der Waals surface area contributed by atoms with Crippen molar-refractivity contribution < 1.29 is 9.53 Å². The van der Waals surface area contributed by atoms with Gasteiger partial charge in [0.05, 0.1) is 31.0 Å². The molecule has 2 heterocycles. The number of hydrogen-bond donors (Lipinski definition) is 0. The Morgan fingerprint density at radius 1 is 1.14 bits per heavy atom. The number of carbonyl (C=O) groups is 1. The van der Waals surface area contributed by atoms with Gasteiger partial charge in [0.2, 0.25) is 0 Å². The highest BCUT2D eigenvalue weighted by Gasteiger charge is 2.31. The molecule has 144 valence electrons. The monoisotopic (exact) mass is 375 g/mol. The summed E-state index contributed by atoms with van der Waals surface area (Å²) in [6, 6.07) is 18.4. The van der Waals surface area contributed by atoms with Gasteiger partial charge in [-0.2, -0.15) is 5.10 Å². The summed E-state index contributed by atoms with van der Waals surface area (Å²) in [6.45, 7) is 4.07. The van der Waals surface area contributed by atoms with Gasteiger partial charge in [0.1, 0.15) is 5.75 Å². The van der Waals surface area contributed by atoms with E-state index in [1.807, 2.05) is 53.0 Å². The molecule has 0 spiro atoms. The van der Waals surface area contributed by atoms with Gasteiger partial charge in [0, 0.05) is 12.7 Å². The fourth-order valence-electron chi connectivity index (χ4n) is 3.81. The normalized spacial score (nSPS) is 16.3. The quantitative estimate of drug-likeness (QED) is 0.645. The van der Waals surface area contributed by atoms with E-state index >= 15 is 0 Å². The van der Waals surface area contributed by atoms with Crippen LogP contribution in [0, 0.1) is 0 Å². The maximum absolute atomic E-state index is 13.1. The summed E-state index contributed by atoms with van der Waals surface area (Å²) >= 11 is 0. The minimum atomic E-state index is 0.0516. The van der Waals surface area contributed by atoms with E-state index in [0.717, 1.165) is 36.3 Å². The Morgan fingerprint density at radius 3 is 2.68 bits per heavy atom. The van der Waals surface area contributed by atoms with Crippen molar-refractivity contribution in [2.24, 2.45) is 0 Å². The maximum atomic E-state index is 13.1. The summed E-state index contributed by atoms with van der Waals surface area (Å²) in [4.78, 5) is 15.1. The SMILES string of the molecule is CCOc1ccc(C2CCCN2C(=O)c2cnn(Cc3ccccc3)c2)cc1. The van der Waals surface area contributed by atoms with Crippen LogP contribution in [0.15, 0.2) is 67.0 Å². The second kappa shape index (κ2) is 8.30. The van der Waals surface area contributed by atoms with Gasteiger partial charge in [0.15, 0.2) is 0 Å². The van der Waals surface area contributed by atoms with Gasteiger partial charge in [-0.25, -0.2) is 0 Å². The lowest BCUT2D eigenvalue weighted by atomic mass is 10.0. The van der Waals surface area contributed by atoms with Gasteiger partial charge in [0.25, 0.3) is 5.91 Å². The molecule has 5 heteroatoms. The van der Waals surface area contributed by atoms with E-state index in [2.05, 4.69) is 29.4 Å². The van der Waals surface area contributed by atoms with Gasteiger partial charge in [-0.15, -0.1) is 0 Å². The van der Waals surface area contributed by atoms with Gasteiger partial charge in [-0.05, 0) is 43.0 Å². The molecule has 1 amide bonds. The van der Waals surface area contributed by atoms with Crippen molar-refractivity contribution in [1.29, 1.82) is 0 Å². The number of rotatable bonds is 6. The number of benzene rings is 2. The number of carbonyl (C=O) groups excluding carboxylic acids is 1. The van der Waals surface area contributed by atoms with Crippen molar-refractivity contribution in [3.63, 3.8) is 0 Å². The second-order valence-electron chi connectivity index (χ2n) is 7.07. The van der Waals surface area contributed by atoms with Crippen LogP contribution in [-0.2, 0) is 6.54 Å². The molecule has 0 radical (unpaired) electrons. The average Bonchev–Trinajstić information content (AvgIpc) is 3.39. The van der Waals surface area contributed by atoms with Crippen molar-refractivity contribution >= 4 is 5.91 Å². The molecule has 1 aliphatic heterocycles. The molecule has 5 nitrogen and oxygen atoms in total. The first-order valence-corrected chi connectivity index (χ1v) is 9.84. The fourth-order valence-corrected chi connectivity index (χ4v) is 3.81. The Kier molecular flexibility index (Phi) is 5.42. The minimum absolute atomic E-state index is 0.0516. The average molecular weight is 375 g/mol. The van der Waals surface area contributed by atoms with Crippen molar-refractivity contribution in [3.8, 4) is 5.75 Å². The van der Waals surface area contributed by atoms with Crippen LogP contribution in [0.5, 0.6) is 5.75 Å². The molecule has 0 bridgehead atoms. The lowest BCUT2D eigenvalue weighted by Crippen LogP contribution is -2.30. The van der Waals surface area contributed by atoms with Crippen LogP contribution in [0.2, 0.25) is 0 Å². The van der Waals surface area contributed by atoms with Gasteiger partial charge < -0.3 is 9.64 Å². The lowest BCUT2D eigenvalue weighted by Gasteiger charge is -2.24. The lowest BCUT2D eigenvalue weighted by molar-refractivity contribution is 0.0735. The number of hydrogen-bond acceptors (Lipinski definition) is 3. The van der Waals surface area contributed by atoms with Crippen LogP contribution in [0.1, 0.15) is 47.3 Å². The highest BCUT2D eigenvalue weighted by atomic mass is 16.5. The molecular weight excluding hydrogens is 350 g/mol. The van der Waals surface area contributed by atoms with Crippen LogP contribution in [0.3, 0.4) is 0 Å². The first-order valence-electron chi connectivity index (χ1n) is 9.84. The van der Waals surface area contributed by atoms with E-state index in [9.17, 15) is 4.79 Å². The topological polar surface area (TPSA) is 47.4 Å². The van der Waals surface area contributed by atoms with Gasteiger partial charge in [-0.3, -0.25) is 9.48 Å². The highest BCUT2D eigenvalue weighted by molar-refractivity contribution is 5.94. The third-order valence-electron chi connectivity index (χ3n) is 5.16. The van der Waals surface area contributed by atoms with E-state index in [4.69, 9.17) is 4.74 Å². The summed E-state index contributed by atoms with van der Waals surface area (Å²) in [6.07, 6.45) is 5.53. The molecule has 1 aliphatic rings. The summed E-state index contributed by atoms with van der Waals surface area (Å²) in [5.74, 6) is 0.917. The molecule has 1 unspecified atom stereocenters. The molecule has 28 heavy (non-hydrogen) atoms. The minimum Gasteiger partial charge on any atom is -0.494 e. The first kappa shape index (κ1) is 18.3. The van der Waals surface area contributed by atoms with Gasteiger partial charge in [-0.1, -0.05) is 42.5 Å². The molecule has 0 aliphatic carbocycles. The summed E-state index contributed by atoms with van der Waals surface area (Å²) in [5.41, 5.74) is 2.97. The van der Waals surface area contributed by atoms with Gasteiger partial charge >= 0.3 is 0 Å². The molecule has 1 aromatic heterocycles. The zero-order valence-corrected chi connectivity index (χ0v) is 16.1. The fraction of sp³-hybridized carbons (Fsp3) is 0.304. The Balaban J connectivity index is 1.47. The van der Waals surface area contributed by atoms with Crippen molar-refractivity contribution in [2.45, 2.75) is 32.4 Å². The van der Waals surface area contributed by atoms with E-state index in [1.165, 1.54) is 0 Å². The van der Waals surface area contributed by atoms with Crippen LogP contribution in [0.25, 0.3) is 0 Å². The Bertz CT molecular complexity index is 919. The predicted octanol–water partition coefficient (Wildman–Crippen LogP) is 4.31. The molecule has 2 aromatic carbocycles. The molecule has 4 rings (SSSR count).